The van der Waals surface area contributed by atoms with Crippen LogP contribution < -0.4 is 10.1 Å². The summed E-state index contributed by atoms with van der Waals surface area (Å²) in [5.74, 6) is 1.77. The molecule has 0 amide bonds. The minimum Gasteiger partial charge on any atom is -0.490 e. The molecule has 1 aromatic rings. The fourth-order valence-electron chi connectivity index (χ4n) is 2.41. The highest BCUT2D eigenvalue weighted by atomic mass is 16.5. The minimum absolute atomic E-state index is 0.498. The fourth-order valence-corrected chi connectivity index (χ4v) is 2.41. The van der Waals surface area contributed by atoms with Gasteiger partial charge in [0, 0.05) is 12.5 Å². The van der Waals surface area contributed by atoms with Gasteiger partial charge < -0.3 is 10.1 Å². The quantitative estimate of drug-likeness (QED) is 0.840. The number of piperidine rings is 1. The summed E-state index contributed by atoms with van der Waals surface area (Å²) in [7, 11) is 0. The van der Waals surface area contributed by atoms with Gasteiger partial charge in [-0.3, -0.25) is 0 Å². The maximum Gasteiger partial charge on any atom is 0.123 e. The van der Waals surface area contributed by atoms with E-state index in [9.17, 15) is 0 Å². The van der Waals surface area contributed by atoms with Gasteiger partial charge in [-0.1, -0.05) is 18.2 Å². The molecule has 2 heteroatoms. The van der Waals surface area contributed by atoms with E-state index in [1.54, 1.807) is 0 Å². The third-order valence-electron chi connectivity index (χ3n) is 3.47. The second kappa shape index (κ2) is 4.46. The van der Waals surface area contributed by atoms with Crippen LogP contribution in [0.1, 0.15) is 37.2 Å². The summed E-state index contributed by atoms with van der Waals surface area (Å²) in [5.41, 5.74) is 1.40. The Balaban J connectivity index is 1.79. The van der Waals surface area contributed by atoms with Crippen molar-refractivity contribution in [3.05, 3.63) is 29.8 Å². The SMILES string of the molecule is c1ccc(C2CCCNC2)c(OC2CC2)c1. The molecule has 86 valence electrons. The Kier molecular flexibility index (Phi) is 2.83. The lowest BCUT2D eigenvalue weighted by molar-refractivity contribution is 0.295. The van der Waals surface area contributed by atoms with E-state index in [-0.39, 0.29) is 0 Å². The van der Waals surface area contributed by atoms with Crippen LogP contribution in [0.2, 0.25) is 0 Å². The average molecular weight is 217 g/mol. The second-order valence-corrected chi connectivity index (χ2v) is 4.90. The Morgan fingerprint density at radius 2 is 2.00 bits per heavy atom. The first-order valence-corrected chi connectivity index (χ1v) is 6.40. The summed E-state index contributed by atoms with van der Waals surface area (Å²) in [6.07, 6.45) is 5.53. The third-order valence-corrected chi connectivity index (χ3v) is 3.47. The summed E-state index contributed by atoms with van der Waals surface area (Å²) in [6.45, 7) is 2.27. The van der Waals surface area contributed by atoms with E-state index in [0.717, 1.165) is 12.3 Å². The molecule has 1 saturated carbocycles. The maximum atomic E-state index is 5.98. The number of nitrogens with one attached hydrogen (secondary N) is 1. The molecule has 0 bridgehead atoms. The van der Waals surface area contributed by atoms with Gasteiger partial charge in [0.25, 0.3) is 0 Å². The number of para-hydroxylation sites is 1. The van der Waals surface area contributed by atoms with Crippen LogP contribution in [0.25, 0.3) is 0 Å². The van der Waals surface area contributed by atoms with Gasteiger partial charge in [-0.15, -0.1) is 0 Å². The van der Waals surface area contributed by atoms with Crippen LogP contribution >= 0.6 is 0 Å². The van der Waals surface area contributed by atoms with Crippen molar-refractivity contribution >= 4 is 0 Å². The molecule has 16 heavy (non-hydrogen) atoms. The Labute approximate surface area is 97.0 Å². The molecule has 0 radical (unpaired) electrons. The van der Waals surface area contributed by atoms with Crippen molar-refractivity contribution in [2.24, 2.45) is 0 Å². The lowest BCUT2D eigenvalue weighted by atomic mass is 9.91. The first-order chi connectivity index (χ1) is 7.93. The number of benzene rings is 1. The minimum atomic E-state index is 0.498. The van der Waals surface area contributed by atoms with Gasteiger partial charge >= 0.3 is 0 Å². The van der Waals surface area contributed by atoms with Crippen molar-refractivity contribution in [3.8, 4) is 5.75 Å². The van der Waals surface area contributed by atoms with Gasteiger partial charge in [-0.05, 0) is 43.9 Å². The topological polar surface area (TPSA) is 21.3 Å². The predicted molar refractivity (Wildman–Crippen MR) is 64.9 cm³/mol. The van der Waals surface area contributed by atoms with Crippen LogP contribution in [-0.2, 0) is 0 Å². The van der Waals surface area contributed by atoms with Gasteiger partial charge in [0.15, 0.2) is 0 Å². The summed E-state index contributed by atoms with van der Waals surface area (Å²) < 4.78 is 5.98. The van der Waals surface area contributed by atoms with Gasteiger partial charge in [0.1, 0.15) is 5.75 Å². The zero-order chi connectivity index (χ0) is 10.8. The molecule has 3 rings (SSSR count). The molecule has 2 fully saturated rings. The molecular weight excluding hydrogens is 198 g/mol. The normalized spacial score (nSPS) is 25.4. The summed E-state index contributed by atoms with van der Waals surface area (Å²) in [6, 6.07) is 8.57. The monoisotopic (exact) mass is 217 g/mol. The first-order valence-electron chi connectivity index (χ1n) is 6.40. The lowest BCUT2D eigenvalue weighted by Crippen LogP contribution is -2.28. The summed E-state index contributed by atoms with van der Waals surface area (Å²) in [4.78, 5) is 0. The number of hydrogen-bond donors (Lipinski definition) is 1. The Bertz CT molecular complexity index is 354. The predicted octanol–water partition coefficient (Wildman–Crippen LogP) is 2.69. The van der Waals surface area contributed by atoms with Crippen LogP contribution in [0, 0.1) is 0 Å². The Morgan fingerprint density at radius 3 is 2.75 bits per heavy atom. The van der Waals surface area contributed by atoms with Crippen molar-refractivity contribution in [1.29, 1.82) is 0 Å². The maximum absolute atomic E-state index is 5.98. The molecule has 2 aliphatic rings. The number of hydrogen-bond acceptors (Lipinski definition) is 2. The van der Waals surface area contributed by atoms with Crippen LogP contribution in [0.3, 0.4) is 0 Å². The number of rotatable bonds is 3. The van der Waals surface area contributed by atoms with Crippen LogP contribution in [0.15, 0.2) is 24.3 Å². The van der Waals surface area contributed by atoms with Crippen molar-refractivity contribution < 1.29 is 4.74 Å². The smallest absolute Gasteiger partial charge is 0.123 e. The molecule has 1 saturated heterocycles. The van der Waals surface area contributed by atoms with Gasteiger partial charge in [0.05, 0.1) is 6.10 Å². The van der Waals surface area contributed by atoms with Gasteiger partial charge in [-0.25, -0.2) is 0 Å². The summed E-state index contributed by atoms with van der Waals surface area (Å²) in [5, 5.41) is 3.47. The molecular formula is C14H19NO. The van der Waals surface area contributed by atoms with E-state index < -0.39 is 0 Å². The van der Waals surface area contributed by atoms with E-state index in [1.807, 2.05) is 0 Å². The van der Waals surface area contributed by atoms with Gasteiger partial charge in [0.2, 0.25) is 0 Å². The molecule has 2 nitrogen and oxygen atoms in total. The van der Waals surface area contributed by atoms with Crippen LogP contribution in [0.4, 0.5) is 0 Å². The van der Waals surface area contributed by atoms with E-state index >= 15 is 0 Å². The molecule has 1 unspecified atom stereocenters. The lowest BCUT2D eigenvalue weighted by Gasteiger charge is -2.25. The van der Waals surface area contributed by atoms with Crippen molar-refractivity contribution in [1.82, 2.24) is 5.32 Å². The molecule has 1 N–H and O–H groups in total. The first kappa shape index (κ1) is 10.2. The van der Waals surface area contributed by atoms with Crippen molar-refractivity contribution in [3.63, 3.8) is 0 Å². The Morgan fingerprint density at radius 1 is 1.12 bits per heavy atom. The summed E-state index contributed by atoms with van der Waals surface area (Å²) >= 11 is 0. The van der Waals surface area contributed by atoms with Gasteiger partial charge in [-0.2, -0.15) is 0 Å². The largest absolute Gasteiger partial charge is 0.490 e. The van der Waals surface area contributed by atoms with E-state index in [2.05, 4.69) is 29.6 Å². The van der Waals surface area contributed by atoms with E-state index in [4.69, 9.17) is 4.74 Å². The van der Waals surface area contributed by atoms with Crippen molar-refractivity contribution in [2.45, 2.75) is 37.7 Å². The molecule has 1 aromatic carbocycles. The highest BCUT2D eigenvalue weighted by Crippen LogP contribution is 2.34. The second-order valence-electron chi connectivity index (χ2n) is 4.90. The fraction of sp³-hybridized carbons (Fsp3) is 0.571. The van der Waals surface area contributed by atoms with Crippen LogP contribution in [-0.4, -0.2) is 19.2 Å². The molecule has 0 spiro atoms. The third kappa shape index (κ3) is 2.22. The van der Waals surface area contributed by atoms with E-state index in [0.29, 0.717) is 12.0 Å². The van der Waals surface area contributed by atoms with Crippen LogP contribution in [0.5, 0.6) is 5.75 Å². The molecule has 1 aliphatic heterocycles. The molecule has 0 aromatic heterocycles. The number of ether oxygens (including phenoxy) is 1. The average Bonchev–Trinajstić information content (AvgIpc) is 3.15. The molecule has 1 atom stereocenters. The van der Waals surface area contributed by atoms with Crippen molar-refractivity contribution in [2.75, 3.05) is 13.1 Å². The molecule has 1 heterocycles. The standard InChI is InChI=1S/C14H19NO/c1-2-6-14(16-12-7-8-12)13(5-1)11-4-3-9-15-10-11/h1-2,5-6,11-12,15H,3-4,7-10H2. The van der Waals surface area contributed by atoms with E-state index in [1.165, 1.54) is 37.8 Å². The highest BCUT2D eigenvalue weighted by Gasteiger charge is 2.26. The molecule has 1 aliphatic carbocycles. The zero-order valence-electron chi connectivity index (χ0n) is 9.61. The highest BCUT2D eigenvalue weighted by molar-refractivity contribution is 5.37. The zero-order valence-corrected chi connectivity index (χ0v) is 9.61. The Hall–Kier alpha value is -1.02.